The van der Waals surface area contributed by atoms with E-state index in [0.29, 0.717) is 0 Å². The molecule has 0 bridgehead atoms. The number of hydrogen-bond donors (Lipinski definition) is 2. The lowest BCUT2D eigenvalue weighted by atomic mass is 10.2. The number of rotatable bonds is 1. The van der Waals surface area contributed by atoms with Crippen molar-refractivity contribution in [3.05, 3.63) is 12.1 Å². The summed E-state index contributed by atoms with van der Waals surface area (Å²) >= 11 is -0.340. The highest BCUT2D eigenvalue weighted by atomic mass is 32.2. The second-order valence-corrected chi connectivity index (χ2v) is 6.00. The number of fused-ring (bicyclic) bond motifs is 1. The molecule has 1 atom stereocenters. The van der Waals surface area contributed by atoms with Crippen LogP contribution in [0.4, 0.5) is 24.5 Å². The number of hydrogen-bond acceptors (Lipinski definition) is 4. The molecule has 0 aromatic heterocycles. The topological polar surface area (TPSA) is 72.2 Å². The predicted octanol–water partition coefficient (Wildman–Crippen LogP) is 1.94. The molecule has 0 saturated heterocycles. The Kier molecular flexibility index (Phi) is 3.28. The zero-order chi connectivity index (χ0) is 13.5. The quantitative estimate of drug-likeness (QED) is 0.613. The van der Waals surface area contributed by atoms with Crippen LogP contribution in [0.15, 0.2) is 21.9 Å². The first-order valence-electron chi connectivity index (χ1n) is 4.64. The van der Waals surface area contributed by atoms with Crippen molar-refractivity contribution in [2.24, 2.45) is 0 Å². The number of nitrogens with two attached hydrogens (primary N) is 1. The lowest BCUT2D eigenvalue weighted by Gasteiger charge is -2.19. The van der Waals surface area contributed by atoms with Crippen LogP contribution in [-0.4, -0.2) is 21.4 Å². The number of benzene rings is 1. The number of nitrogens with one attached hydrogen (secondary N) is 1. The van der Waals surface area contributed by atoms with E-state index in [0.717, 1.165) is 12.1 Å². The third-order valence-electron chi connectivity index (χ3n) is 2.09. The Labute approximate surface area is 107 Å². The summed E-state index contributed by atoms with van der Waals surface area (Å²) in [7, 11) is -1.62. The summed E-state index contributed by atoms with van der Waals surface area (Å²) in [4.78, 5) is 11.2. The summed E-state index contributed by atoms with van der Waals surface area (Å²) in [6, 6.07) is 2.23. The zero-order valence-corrected chi connectivity index (χ0v) is 10.3. The van der Waals surface area contributed by atoms with E-state index in [4.69, 9.17) is 5.73 Å². The van der Waals surface area contributed by atoms with Crippen LogP contribution in [0.25, 0.3) is 0 Å². The Balaban J connectivity index is 2.45. The maximum atomic E-state index is 12.2. The van der Waals surface area contributed by atoms with E-state index in [1.165, 1.54) is 0 Å². The minimum absolute atomic E-state index is 0.0161. The fourth-order valence-electron chi connectivity index (χ4n) is 1.54. The smallest absolute Gasteiger partial charge is 0.398 e. The molecule has 0 saturated carbocycles. The maximum absolute atomic E-state index is 12.2. The molecular formula is C9H7F3N2O2S2. The van der Waals surface area contributed by atoms with Gasteiger partial charge in [-0.15, -0.1) is 0 Å². The molecule has 3 N–H and O–H groups in total. The normalized spacial score (nSPS) is 19.3. The van der Waals surface area contributed by atoms with Gasteiger partial charge < -0.3 is 11.1 Å². The Morgan fingerprint density at radius 1 is 1.39 bits per heavy atom. The largest absolute Gasteiger partial charge is 0.446 e. The summed E-state index contributed by atoms with van der Waals surface area (Å²) in [5.74, 6) is -0.738. The molecule has 1 unspecified atom stereocenters. The molecule has 1 aliphatic heterocycles. The van der Waals surface area contributed by atoms with Crippen LogP contribution in [-0.2, 0) is 15.6 Å². The summed E-state index contributed by atoms with van der Waals surface area (Å²) in [6.07, 6.45) is 0. The number of thioether (sulfide) groups is 1. The number of alkyl halides is 3. The van der Waals surface area contributed by atoms with E-state index < -0.39 is 22.2 Å². The molecule has 1 aromatic carbocycles. The molecule has 0 spiro atoms. The fraction of sp³-hybridized carbons (Fsp3) is 0.222. The molecule has 9 heteroatoms. The first-order valence-corrected chi connectivity index (χ1v) is 6.77. The Hall–Kier alpha value is -1.22. The number of amides is 1. The van der Waals surface area contributed by atoms with Crippen molar-refractivity contribution in [3.63, 3.8) is 0 Å². The lowest BCUT2D eigenvalue weighted by Crippen LogP contribution is -2.26. The van der Waals surface area contributed by atoms with Crippen LogP contribution in [0.5, 0.6) is 0 Å². The summed E-state index contributed by atoms with van der Waals surface area (Å²) in [6.45, 7) is 0. The zero-order valence-electron chi connectivity index (χ0n) is 8.71. The Bertz CT molecular complexity index is 545. The summed E-state index contributed by atoms with van der Waals surface area (Å²) < 4.78 is 48.4. The average molecular weight is 296 g/mol. The van der Waals surface area contributed by atoms with Crippen molar-refractivity contribution < 1.29 is 22.2 Å². The fourth-order valence-corrected chi connectivity index (χ4v) is 3.30. The van der Waals surface area contributed by atoms with E-state index in [1.54, 1.807) is 0 Å². The van der Waals surface area contributed by atoms with Crippen LogP contribution in [0.3, 0.4) is 0 Å². The van der Waals surface area contributed by atoms with Crippen molar-refractivity contribution in [2.75, 3.05) is 16.8 Å². The minimum Gasteiger partial charge on any atom is -0.398 e. The van der Waals surface area contributed by atoms with Gasteiger partial charge in [-0.2, -0.15) is 13.2 Å². The SMILES string of the molecule is Nc1cc(SC(F)(F)F)cc2c1S(=O)CC(=O)N2. The van der Waals surface area contributed by atoms with Crippen LogP contribution >= 0.6 is 11.8 Å². The minimum atomic E-state index is -4.45. The number of carbonyl (C=O) groups is 1. The van der Waals surface area contributed by atoms with E-state index in [9.17, 15) is 22.2 Å². The third-order valence-corrected chi connectivity index (χ3v) is 4.23. The van der Waals surface area contributed by atoms with Crippen LogP contribution in [0, 0.1) is 0 Å². The van der Waals surface area contributed by atoms with Crippen LogP contribution in [0.1, 0.15) is 0 Å². The number of carbonyl (C=O) groups excluding carboxylic acids is 1. The van der Waals surface area contributed by atoms with Crippen molar-refractivity contribution >= 4 is 39.8 Å². The van der Waals surface area contributed by atoms with E-state index in [2.05, 4.69) is 5.32 Å². The molecule has 98 valence electrons. The van der Waals surface area contributed by atoms with Gasteiger partial charge in [-0.3, -0.25) is 9.00 Å². The molecule has 18 heavy (non-hydrogen) atoms. The number of anilines is 2. The van der Waals surface area contributed by atoms with Crippen molar-refractivity contribution in [3.8, 4) is 0 Å². The highest BCUT2D eigenvalue weighted by Gasteiger charge is 2.31. The second kappa shape index (κ2) is 4.47. The first kappa shape index (κ1) is 13.2. The molecule has 0 radical (unpaired) electrons. The van der Waals surface area contributed by atoms with E-state index in [-0.39, 0.29) is 38.7 Å². The van der Waals surface area contributed by atoms with Gasteiger partial charge in [0.15, 0.2) is 0 Å². The molecule has 0 fully saturated rings. The molecule has 2 rings (SSSR count). The Morgan fingerprint density at radius 3 is 2.67 bits per heavy atom. The van der Waals surface area contributed by atoms with Gasteiger partial charge in [-0.1, -0.05) is 0 Å². The van der Waals surface area contributed by atoms with Gasteiger partial charge in [-0.25, -0.2) is 0 Å². The number of halogens is 3. The molecule has 1 heterocycles. The summed E-state index contributed by atoms with van der Waals surface area (Å²) in [5.41, 5.74) is 1.19. The predicted molar refractivity (Wildman–Crippen MR) is 62.7 cm³/mol. The van der Waals surface area contributed by atoms with Crippen LogP contribution in [0.2, 0.25) is 0 Å². The molecule has 1 aromatic rings. The second-order valence-electron chi connectivity index (χ2n) is 3.48. The monoisotopic (exact) mass is 296 g/mol. The first-order chi connectivity index (χ1) is 8.26. The third kappa shape index (κ3) is 2.78. The maximum Gasteiger partial charge on any atom is 0.446 e. The highest BCUT2D eigenvalue weighted by molar-refractivity contribution is 8.00. The standard InChI is InChI=1S/C9H7F3N2O2S2/c10-9(11,12)17-4-1-5(13)8-6(2-4)14-7(15)3-18(8)16/h1-2H,3,13H2,(H,14,15). The average Bonchev–Trinajstić information content (AvgIpc) is 2.11. The van der Waals surface area contributed by atoms with Crippen LogP contribution < -0.4 is 11.1 Å². The van der Waals surface area contributed by atoms with Crippen molar-refractivity contribution in [2.45, 2.75) is 15.3 Å². The molecule has 0 aliphatic carbocycles. The molecule has 1 amide bonds. The van der Waals surface area contributed by atoms with Gasteiger partial charge in [0.2, 0.25) is 5.91 Å². The Morgan fingerprint density at radius 2 is 2.06 bits per heavy atom. The van der Waals surface area contributed by atoms with E-state index in [1.807, 2.05) is 0 Å². The van der Waals surface area contributed by atoms with Gasteiger partial charge in [0, 0.05) is 4.90 Å². The van der Waals surface area contributed by atoms with Gasteiger partial charge in [0.05, 0.1) is 27.1 Å². The lowest BCUT2D eigenvalue weighted by molar-refractivity contribution is -0.114. The van der Waals surface area contributed by atoms with E-state index >= 15 is 0 Å². The van der Waals surface area contributed by atoms with Gasteiger partial charge >= 0.3 is 5.51 Å². The molecular weight excluding hydrogens is 289 g/mol. The summed E-state index contributed by atoms with van der Waals surface area (Å²) in [5, 5.41) is 2.36. The van der Waals surface area contributed by atoms with Gasteiger partial charge in [0.25, 0.3) is 0 Å². The molecule has 1 aliphatic rings. The number of nitrogen functional groups attached to an aromatic ring is 1. The van der Waals surface area contributed by atoms with Crippen molar-refractivity contribution in [1.29, 1.82) is 0 Å². The highest BCUT2D eigenvalue weighted by Crippen LogP contribution is 2.41. The van der Waals surface area contributed by atoms with Gasteiger partial charge in [0.1, 0.15) is 5.75 Å². The van der Waals surface area contributed by atoms with Crippen molar-refractivity contribution in [1.82, 2.24) is 0 Å². The molecule has 4 nitrogen and oxygen atoms in total. The van der Waals surface area contributed by atoms with Gasteiger partial charge in [-0.05, 0) is 23.9 Å².